The summed E-state index contributed by atoms with van der Waals surface area (Å²) >= 11 is 0. The molecule has 1 aliphatic heterocycles. The first kappa shape index (κ1) is 17.2. The predicted molar refractivity (Wildman–Crippen MR) is 93.5 cm³/mol. The molecule has 1 atom stereocenters. The van der Waals surface area contributed by atoms with Crippen LogP contribution in [0.3, 0.4) is 0 Å². The fourth-order valence-corrected chi connectivity index (χ4v) is 3.81. The van der Waals surface area contributed by atoms with Gasteiger partial charge in [-0.05, 0) is 29.3 Å². The van der Waals surface area contributed by atoms with E-state index in [1.807, 2.05) is 0 Å². The van der Waals surface area contributed by atoms with E-state index in [0.717, 1.165) is 6.26 Å². The normalized spacial score (nSPS) is 16.5. The number of amides is 1. The SMILES string of the molecule is CS(=O)(=O)Cc1ccc(C(=O)N2CC(C(=O)O)c3ccccc32)cc1. The third kappa shape index (κ3) is 3.56. The highest BCUT2D eigenvalue weighted by Crippen LogP contribution is 2.37. The summed E-state index contributed by atoms with van der Waals surface area (Å²) in [5.74, 6) is -2.10. The number of para-hydroxylation sites is 1. The number of carbonyl (C=O) groups excluding carboxylic acids is 1. The van der Waals surface area contributed by atoms with Gasteiger partial charge in [0.05, 0.1) is 5.75 Å². The maximum Gasteiger partial charge on any atom is 0.312 e. The average molecular weight is 359 g/mol. The third-order valence-electron chi connectivity index (χ3n) is 4.14. The molecule has 1 unspecified atom stereocenters. The van der Waals surface area contributed by atoms with Crippen LogP contribution in [0, 0.1) is 0 Å². The zero-order valence-corrected chi connectivity index (χ0v) is 14.4. The average Bonchev–Trinajstić information content (AvgIpc) is 2.93. The van der Waals surface area contributed by atoms with Gasteiger partial charge in [-0.2, -0.15) is 0 Å². The number of aliphatic carboxylic acids is 1. The van der Waals surface area contributed by atoms with Gasteiger partial charge in [0.25, 0.3) is 5.91 Å². The second-order valence-electron chi connectivity index (χ2n) is 6.13. The first-order valence-electron chi connectivity index (χ1n) is 7.66. The summed E-state index contributed by atoms with van der Waals surface area (Å²) in [5, 5.41) is 9.38. The molecule has 0 aliphatic carbocycles. The summed E-state index contributed by atoms with van der Waals surface area (Å²) in [6.45, 7) is 0.0819. The van der Waals surface area contributed by atoms with E-state index in [1.54, 1.807) is 48.5 Å². The molecular weight excluding hydrogens is 342 g/mol. The van der Waals surface area contributed by atoms with Gasteiger partial charge in [0.15, 0.2) is 9.84 Å². The molecule has 1 N–H and O–H groups in total. The minimum atomic E-state index is -3.14. The molecule has 7 heteroatoms. The zero-order valence-electron chi connectivity index (χ0n) is 13.5. The van der Waals surface area contributed by atoms with E-state index in [0.29, 0.717) is 22.4 Å². The topological polar surface area (TPSA) is 91.8 Å². The van der Waals surface area contributed by atoms with Gasteiger partial charge >= 0.3 is 5.97 Å². The summed E-state index contributed by atoms with van der Waals surface area (Å²) in [7, 11) is -3.14. The van der Waals surface area contributed by atoms with Crippen molar-refractivity contribution >= 4 is 27.4 Å². The van der Waals surface area contributed by atoms with E-state index in [1.165, 1.54) is 4.90 Å². The van der Waals surface area contributed by atoms with Crippen molar-refractivity contribution in [3.63, 3.8) is 0 Å². The molecule has 0 fully saturated rings. The van der Waals surface area contributed by atoms with Gasteiger partial charge in [0.1, 0.15) is 5.92 Å². The molecule has 0 bridgehead atoms. The third-order valence-corrected chi connectivity index (χ3v) is 5.00. The molecule has 0 radical (unpaired) electrons. The van der Waals surface area contributed by atoms with Gasteiger partial charge < -0.3 is 10.0 Å². The van der Waals surface area contributed by atoms with E-state index in [9.17, 15) is 23.1 Å². The minimum Gasteiger partial charge on any atom is -0.481 e. The molecule has 0 spiro atoms. The molecule has 0 saturated carbocycles. The Morgan fingerprint density at radius 2 is 1.76 bits per heavy atom. The molecule has 0 aromatic heterocycles. The van der Waals surface area contributed by atoms with Gasteiger partial charge in [0.2, 0.25) is 0 Å². The van der Waals surface area contributed by atoms with E-state index in [4.69, 9.17) is 0 Å². The Morgan fingerprint density at radius 3 is 2.36 bits per heavy atom. The lowest BCUT2D eigenvalue weighted by Crippen LogP contribution is -2.31. The molecule has 2 aromatic carbocycles. The van der Waals surface area contributed by atoms with Gasteiger partial charge in [-0.1, -0.05) is 30.3 Å². The maximum absolute atomic E-state index is 12.8. The number of nitrogens with zero attached hydrogens (tertiary/aromatic N) is 1. The molecule has 1 heterocycles. The number of anilines is 1. The molecular formula is C18H17NO5S. The first-order chi connectivity index (χ1) is 11.8. The number of carboxylic acid groups (broad SMARTS) is 1. The van der Waals surface area contributed by atoms with Crippen LogP contribution in [-0.2, 0) is 20.4 Å². The van der Waals surface area contributed by atoms with Crippen molar-refractivity contribution < 1.29 is 23.1 Å². The highest BCUT2D eigenvalue weighted by molar-refractivity contribution is 7.89. The number of rotatable bonds is 4. The van der Waals surface area contributed by atoms with Crippen LogP contribution in [0.4, 0.5) is 5.69 Å². The van der Waals surface area contributed by atoms with E-state index < -0.39 is 21.7 Å². The molecule has 3 rings (SSSR count). The van der Waals surface area contributed by atoms with Crippen molar-refractivity contribution in [2.24, 2.45) is 0 Å². The Bertz CT molecular complexity index is 934. The quantitative estimate of drug-likeness (QED) is 0.902. The van der Waals surface area contributed by atoms with E-state index in [2.05, 4.69) is 0 Å². The lowest BCUT2D eigenvalue weighted by atomic mass is 10.0. The molecule has 0 saturated heterocycles. The molecule has 1 amide bonds. The fraction of sp³-hybridized carbons (Fsp3) is 0.222. The summed E-state index contributed by atoms with van der Waals surface area (Å²) in [6.07, 6.45) is 1.15. The van der Waals surface area contributed by atoms with Crippen LogP contribution in [0.15, 0.2) is 48.5 Å². The van der Waals surface area contributed by atoms with Crippen LogP contribution >= 0.6 is 0 Å². The number of sulfone groups is 1. The van der Waals surface area contributed by atoms with Crippen molar-refractivity contribution in [1.82, 2.24) is 0 Å². The van der Waals surface area contributed by atoms with E-state index in [-0.39, 0.29) is 18.2 Å². The molecule has 25 heavy (non-hydrogen) atoms. The summed E-state index contributed by atoms with van der Waals surface area (Å²) in [6, 6.07) is 13.3. The van der Waals surface area contributed by atoms with Gasteiger partial charge in [-0.15, -0.1) is 0 Å². The Kier molecular flexibility index (Phi) is 4.34. The molecule has 1 aliphatic rings. The highest BCUT2D eigenvalue weighted by Gasteiger charge is 2.36. The minimum absolute atomic E-state index is 0.0819. The number of carboxylic acids is 1. The van der Waals surface area contributed by atoms with Crippen molar-refractivity contribution in [1.29, 1.82) is 0 Å². The summed E-state index contributed by atoms with van der Waals surface area (Å²) < 4.78 is 22.7. The second kappa shape index (κ2) is 6.33. The Balaban J connectivity index is 1.88. The number of benzene rings is 2. The number of fused-ring (bicyclic) bond motifs is 1. The van der Waals surface area contributed by atoms with Gasteiger partial charge in [-0.25, -0.2) is 8.42 Å². The maximum atomic E-state index is 12.8. The van der Waals surface area contributed by atoms with Crippen LogP contribution in [-0.4, -0.2) is 38.2 Å². The van der Waals surface area contributed by atoms with Crippen LogP contribution in [0.25, 0.3) is 0 Å². The lowest BCUT2D eigenvalue weighted by Gasteiger charge is -2.17. The largest absolute Gasteiger partial charge is 0.481 e. The smallest absolute Gasteiger partial charge is 0.312 e. The Hall–Kier alpha value is -2.67. The van der Waals surface area contributed by atoms with Gasteiger partial charge in [0, 0.05) is 24.1 Å². The van der Waals surface area contributed by atoms with Crippen LogP contribution < -0.4 is 4.90 Å². The van der Waals surface area contributed by atoms with Crippen LogP contribution in [0.1, 0.15) is 27.4 Å². The predicted octanol–water partition coefficient (Wildman–Crippen LogP) is 2.06. The molecule has 130 valence electrons. The summed E-state index contributed by atoms with van der Waals surface area (Å²) in [5.41, 5.74) is 2.21. The van der Waals surface area contributed by atoms with Crippen LogP contribution in [0.5, 0.6) is 0 Å². The second-order valence-corrected chi connectivity index (χ2v) is 8.27. The fourth-order valence-electron chi connectivity index (χ4n) is 3.01. The van der Waals surface area contributed by atoms with Crippen LogP contribution in [0.2, 0.25) is 0 Å². The Labute approximate surface area is 145 Å². The number of carbonyl (C=O) groups is 2. The van der Waals surface area contributed by atoms with Crippen molar-refractivity contribution in [2.45, 2.75) is 11.7 Å². The highest BCUT2D eigenvalue weighted by atomic mass is 32.2. The first-order valence-corrected chi connectivity index (χ1v) is 9.72. The summed E-state index contributed by atoms with van der Waals surface area (Å²) in [4.78, 5) is 25.7. The van der Waals surface area contributed by atoms with Crippen molar-refractivity contribution in [2.75, 3.05) is 17.7 Å². The molecule has 6 nitrogen and oxygen atoms in total. The monoisotopic (exact) mass is 359 g/mol. The number of hydrogen-bond donors (Lipinski definition) is 1. The van der Waals surface area contributed by atoms with Crippen molar-refractivity contribution in [3.05, 3.63) is 65.2 Å². The lowest BCUT2D eigenvalue weighted by molar-refractivity contribution is -0.138. The zero-order chi connectivity index (χ0) is 18.2. The van der Waals surface area contributed by atoms with E-state index >= 15 is 0 Å². The standard InChI is InChI=1S/C18H17NO5S/c1-25(23,24)11-12-6-8-13(9-7-12)17(20)19-10-15(18(21)22)14-4-2-3-5-16(14)19/h2-9,15H,10-11H2,1H3,(H,21,22). The Morgan fingerprint density at radius 1 is 1.12 bits per heavy atom. The molecule has 2 aromatic rings. The van der Waals surface area contributed by atoms with Gasteiger partial charge in [-0.3, -0.25) is 9.59 Å². The van der Waals surface area contributed by atoms with Crippen molar-refractivity contribution in [3.8, 4) is 0 Å². The number of hydrogen-bond acceptors (Lipinski definition) is 4.